The average molecular weight is 192 g/mol. The molecule has 0 aromatic heterocycles. The van der Waals surface area contributed by atoms with Crippen LogP contribution < -0.4 is 10.6 Å². The molecular weight excluding hydrogens is 180 g/mol. The average Bonchev–Trinajstić information content (AvgIpc) is 2.26. The second-order valence-electron chi connectivity index (χ2n) is 2.75. The van der Waals surface area contributed by atoms with Crippen LogP contribution in [0.4, 0.5) is 4.79 Å². The highest BCUT2D eigenvalue weighted by Gasteiger charge is 2.11. The molecule has 2 amide bonds. The van der Waals surface area contributed by atoms with E-state index < -0.39 is 6.04 Å². The molecule has 14 heavy (non-hydrogen) atoms. The topological polar surface area (TPSA) is 58.2 Å². The zero-order chi connectivity index (χ0) is 10.4. The molecular formula is C10H12N2O2. The highest BCUT2D eigenvalue weighted by molar-refractivity contribution is 5.78. The normalized spacial score (nSPS) is 11.5. The predicted molar refractivity (Wildman–Crippen MR) is 52.8 cm³/mol. The Hall–Kier alpha value is -1.84. The monoisotopic (exact) mass is 192 g/mol. The summed E-state index contributed by atoms with van der Waals surface area (Å²) >= 11 is 0. The van der Waals surface area contributed by atoms with Crippen molar-refractivity contribution >= 4 is 12.3 Å². The first kappa shape index (κ1) is 10.2. The minimum atomic E-state index is -0.587. The van der Waals surface area contributed by atoms with E-state index in [1.807, 2.05) is 18.2 Å². The van der Waals surface area contributed by atoms with Gasteiger partial charge in [-0.25, -0.2) is 4.79 Å². The molecule has 0 bridgehead atoms. The molecule has 0 saturated heterocycles. The van der Waals surface area contributed by atoms with Crippen molar-refractivity contribution in [3.8, 4) is 0 Å². The molecule has 1 atom stereocenters. The lowest BCUT2D eigenvalue weighted by atomic mass is 10.1. The van der Waals surface area contributed by atoms with Crippen LogP contribution in [0, 0.1) is 0 Å². The van der Waals surface area contributed by atoms with Crippen LogP contribution in [-0.4, -0.2) is 19.4 Å². The Balaban J connectivity index is 2.73. The summed E-state index contributed by atoms with van der Waals surface area (Å²) in [6, 6.07) is 8.10. The van der Waals surface area contributed by atoms with Gasteiger partial charge in [-0.15, -0.1) is 0 Å². The number of hydrogen-bond donors (Lipinski definition) is 2. The minimum absolute atomic E-state index is 0.369. The van der Waals surface area contributed by atoms with Crippen molar-refractivity contribution in [1.29, 1.82) is 0 Å². The third-order valence-electron chi connectivity index (χ3n) is 1.81. The van der Waals surface area contributed by atoms with E-state index in [9.17, 15) is 9.59 Å². The highest BCUT2D eigenvalue weighted by atomic mass is 16.2. The second kappa shape index (κ2) is 5.01. The van der Waals surface area contributed by atoms with Gasteiger partial charge in [0, 0.05) is 7.05 Å². The molecule has 0 radical (unpaired) electrons. The van der Waals surface area contributed by atoms with Crippen molar-refractivity contribution in [2.75, 3.05) is 7.05 Å². The van der Waals surface area contributed by atoms with Gasteiger partial charge in [-0.05, 0) is 5.56 Å². The quantitative estimate of drug-likeness (QED) is 0.698. The first-order valence-corrected chi connectivity index (χ1v) is 4.26. The molecule has 1 rings (SSSR count). The standard InChI is InChI=1S/C10H12N2O2/c1-11-10(14)12-9(7-13)8-5-3-2-4-6-8/h2-7,9H,1H3,(H2,11,12,14)/t9-/m0/s1. The Bertz CT molecular complexity index is 311. The van der Waals surface area contributed by atoms with E-state index in [2.05, 4.69) is 10.6 Å². The Morgan fingerprint density at radius 3 is 2.50 bits per heavy atom. The summed E-state index contributed by atoms with van der Waals surface area (Å²) in [4.78, 5) is 21.7. The van der Waals surface area contributed by atoms with Crippen molar-refractivity contribution in [2.24, 2.45) is 0 Å². The fraction of sp³-hybridized carbons (Fsp3) is 0.200. The first-order chi connectivity index (χ1) is 6.77. The van der Waals surface area contributed by atoms with E-state index >= 15 is 0 Å². The summed E-state index contributed by atoms with van der Waals surface area (Å²) in [6.07, 6.45) is 0.699. The number of aldehydes is 1. The third-order valence-corrected chi connectivity index (χ3v) is 1.81. The van der Waals surface area contributed by atoms with Gasteiger partial charge in [0.2, 0.25) is 0 Å². The Kier molecular flexibility index (Phi) is 3.67. The van der Waals surface area contributed by atoms with Crippen LogP contribution in [0.2, 0.25) is 0 Å². The number of hydrogen-bond acceptors (Lipinski definition) is 2. The van der Waals surface area contributed by atoms with Crippen LogP contribution in [0.25, 0.3) is 0 Å². The lowest BCUT2D eigenvalue weighted by Crippen LogP contribution is -2.36. The maximum atomic E-state index is 11.0. The molecule has 4 heteroatoms. The van der Waals surface area contributed by atoms with Crippen LogP contribution in [0.1, 0.15) is 11.6 Å². The molecule has 4 nitrogen and oxygen atoms in total. The van der Waals surface area contributed by atoms with Crippen LogP contribution >= 0.6 is 0 Å². The molecule has 0 heterocycles. The van der Waals surface area contributed by atoms with Crippen molar-refractivity contribution in [1.82, 2.24) is 10.6 Å². The Morgan fingerprint density at radius 2 is 2.00 bits per heavy atom. The summed E-state index contributed by atoms with van der Waals surface area (Å²) in [5.41, 5.74) is 0.770. The number of amides is 2. The number of nitrogens with one attached hydrogen (secondary N) is 2. The number of rotatable bonds is 3. The van der Waals surface area contributed by atoms with Gasteiger partial charge in [0.05, 0.1) is 0 Å². The zero-order valence-electron chi connectivity index (χ0n) is 7.86. The lowest BCUT2D eigenvalue weighted by Gasteiger charge is -2.12. The fourth-order valence-corrected chi connectivity index (χ4v) is 1.07. The van der Waals surface area contributed by atoms with Gasteiger partial charge in [0.15, 0.2) is 0 Å². The predicted octanol–water partition coefficient (Wildman–Crippen LogP) is 0.856. The fourth-order valence-electron chi connectivity index (χ4n) is 1.07. The van der Waals surface area contributed by atoms with Gasteiger partial charge >= 0.3 is 6.03 Å². The second-order valence-corrected chi connectivity index (χ2v) is 2.75. The summed E-state index contributed by atoms with van der Waals surface area (Å²) in [7, 11) is 1.50. The summed E-state index contributed by atoms with van der Waals surface area (Å²) in [5.74, 6) is 0. The van der Waals surface area contributed by atoms with Gasteiger partial charge in [-0.2, -0.15) is 0 Å². The zero-order valence-corrected chi connectivity index (χ0v) is 7.86. The van der Waals surface area contributed by atoms with E-state index in [4.69, 9.17) is 0 Å². The van der Waals surface area contributed by atoms with Crippen molar-refractivity contribution in [3.63, 3.8) is 0 Å². The Morgan fingerprint density at radius 1 is 1.36 bits per heavy atom. The van der Waals surface area contributed by atoms with Gasteiger partial charge < -0.3 is 15.4 Å². The first-order valence-electron chi connectivity index (χ1n) is 4.26. The highest BCUT2D eigenvalue weighted by Crippen LogP contribution is 2.08. The van der Waals surface area contributed by atoms with E-state index in [0.29, 0.717) is 6.29 Å². The molecule has 0 spiro atoms. The van der Waals surface area contributed by atoms with Crippen LogP contribution in [0.15, 0.2) is 30.3 Å². The molecule has 74 valence electrons. The number of carbonyl (C=O) groups excluding carboxylic acids is 2. The SMILES string of the molecule is CNC(=O)N[C@@H](C=O)c1ccccc1. The Labute approximate surface area is 82.3 Å². The molecule has 0 saturated carbocycles. The summed E-state index contributed by atoms with van der Waals surface area (Å²) in [6.45, 7) is 0. The van der Waals surface area contributed by atoms with E-state index in [-0.39, 0.29) is 6.03 Å². The molecule has 0 aliphatic heterocycles. The molecule has 1 aromatic carbocycles. The molecule has 0 fully saturated rings. The molecule has 2 N–H and O–H groups in total. The van der Waals surface area contributed by atoms with Crippen molar-refractivity contribution < 1.29 is 9.59 Å². The molecule has 0 aliphatic rings. The van der Waals surface area contributed by atoms with Gasteiger partial charge in [0.1, 0.15) is 12.3 Å². The minimum Gasteiger partial charge on any atom is -0.341 e. The number of urea groups is 1. The maximum Gasteiger partial charge on any atom is 0.315 e. The molecule has 0 unspecified atom stereocenters. The van der Waals surface area contributed by atoms with Crippen LogP contribution in [0.5, 0.6) is 0 Å². The van der Waals surface area contributed by atoms with Crippen molar-refractivity contribution in [3.05, 3.63) is 35.9 Å². The van der Waals surface area contributed by atoms with E-state index in [1.54, 1.807) is 12.1 Å². The lowest BCUT2D eigenvalue weighted by molar-refractivity contribution is -0.109. The van der Waals surface area contributed by atoms with Crippen LogP contribution in [0.3, 0.4) is 0 Å². The smallest absolute Gasteiger partial charge is 0.315 e. The van der Waals surface area contributed by atoms with Crippen LogP contribution in [-0.2, 0) is 4.79 Å². The van der Waals surface area contributed by atoms with Gasteiger partial charge in [-0.1, -0.05) is 30.3 Å². The van der Waals surface area contributed by atoms with Crippen molar-refractivity contribution in [2.45, 2.75) is 6.04 Å². The summed E-state index contributed by atoms with van der Waals surface area (Å²) in [5, 5.41) is 4.91. The molecule has 1 aromatic rings. The van der Waals surface area contributed by atoms with E-state index in [1.165, 1.54) is 7.05 Å². The molecule has 0 aliphatic carbocycles. The maximum absolute atomic E-state index is 11.0. The van der Waals surface area contributed by atoms with Gasteiger partial charge in [0.25, 0.3) is 0 Å². The number of benzene rings is 1. The summed E-state index contributed by atoms with van der Waals surface area (Å²) < 4.78 is 0. The van der Waals surface area contributed by atoms with Gasteiger partial charge in [-0.3, -0.25) is 0 Å². The largest absolute Gasteiger partial charge is 0.341 e. The van der Waals surface area contributed by atoms with E-state index in [0.717, 1.165) is 5.56 Å². The third kappa shape index (κ3) is 2.58. The number of carbonyl (C=O) groups is 2.